The quantitative estimate of drug-likeness (QED) is 0.380. The maximum absolute atomic E-state index is 12.7. The van der Waals surface area contributed by atoms with Crippen molar-refractivity contribution in [2.45, 2.75) is 19.8 Å². The lowest BCUT2D eigenvalue weighted by Gasteiger charge is -2.33. The van der Waals surface area contributed by atoms with Crippen LogP contribution in [-0.4, -0.2) is 28.8 Å². The Bertz CT molecular complexity index is 1040. The molecule has 1 saturated heterocycles. The summed E-state index contributed by atoms with van der Waals surface area (Å²) in [7, 11) is 0. The van der Waals surface area contributed by atoms with Gasteiger partial charge in [-0.15, -0.1) is 0 Å². The van der Waals surface area contributed by atoms with Crippen LogP contribution in [0.5, 0.6) is 0 Å². The summed E-state index contributed by atoms with van der Waals surface area (Å²) in [5.74, 6) is 0.217. The van der Waals surface area contributed by atoms with E-state index >= 15 is 0 Å². The van der Waals surface area contributed by atoms with E-state index in [1.165, 1.54) is 6.07 Å². The van der Waals surface area contributed by atoms with Gasteiger partial charge < -0.3 is 4.90 Å². The second-order valence-electron chi connectivity index (χ2n) is 7.20. The Morgan fingerprint density at radius 3 is 2.50 bits per heavy atom. The Kier molecular flexibility index (Phi) is 4.77. The zero-order valence-corrected chi connectivity index (χ0v) is 15.7. The van der Waals surface area contributed by atoms with Crippen molar-refractivity contribution in [3.05, 3.63) is 76.0 Å². The van der Waals surface area contributed by atoms with Crippen molar-refractivity contribution in [2.75, 3.05) is 18.0 Å². The summed E-state index contributed by atoms with van der Waals surface area (Å²) in [6, 6.07) is 16.5. The minimum Gasteiger partial charge on any atom is -0.371 e. The molecule has 142 valence electrons. The van der Waals surface area contributed by atoms with Gasteiger partial charge in [-0.05, 0) is 25.8 Å². The SMILES string of the molecule is Cc1cc(N2CCC(C(=O)c3ccccc3)CC2)c2cccc([N+](=O)[O-])c2n1. The number of hydrogen-bond acceptors (Lipinski definition) is 5. The normalized spacial score (nSPS) is 15.0. The summed E-state index contributed by atoms with van der Waals surface area (Å²) >= 11 is 0. The van der Waals surface area contributed by atoms with Gasteiger partial charge in [-0.1, -0.05) is 42.5 Å². The molecule has 1 aromatic heterocycles. The number of aryl methyl sites for hydroxylation is 1. The molecule has 4 rings (SSSR count). The smallest absolute Gasteiger partial charge is 0.295 e. The molecule has 0 N–H and O–H groups in total. The van der Waals surface area contributed by atoms with E-state index in [-0.39, 0.29) is 22.3 Å². The topological polar surface area (TPSA) is 76.3 Å². The van der Waals surface area contributed by atoms with E-state index < -0.39 is 0 Å². The number of aromatic nitrogens is 1. The number of hydrogen-bond donors (Lipinski definition) is 0. The van der Waals surface area contributed by atoms with Crippen LogP contribution >= 0.6 is 0 Å². The Balaban J connectivity index is 1.60. The number of para-hydroxylation sites is 1. The number of nitrogens with zero attached hydrogens (tertiary/aromatic N) is 3. The van der Waals surface area contributed by atoms with Gasteiger partial charge in [-0.25, -0.2) is 4.98 Å². The van der Waals surface area contributed by atoms with E-state index in [0.717, 1.165) is 48.3 Å². The average molecular weight is 375 g/mol. The number of anilines is 1. The molecule has 1 fully saturated rings. The molecule has 0 bridgehead atoms. The van der Waals surface area contributed by atoms with Crippen LogP contribution in [-0.2, 0) is 0 Å². The van der Waals surface area contributed by atoms with E-state index in [4.69, 9.17) is 0 Å². The fourth-order valence-corrected chi connectivity index (χ4v) is 3.97. The van der Waals surface area contributed by atoms with Gasteiger partial charge in [-0.3, -0.25) is 14.9 Å². The second kappa shape index (κ2) is 7.38. The number of nitro benzene ring substituents is 1. The maximum atomic E-state index is 12.7. The first-order valence-electron chi connectivity index (χ1n) is 9.43. The molecule has 6 heteroatoms. The number of pyridine rings is 1. The number of piperidine rings is 1. The summed E-state index contributed by atoms with van der Waals surface area (Å²) in [6.07, 6.45) is 1.54. The van der Waals surface area contributed by atoms with Gasteiger partial charge >= 0.3 is 0 Å². The second-order valence-corrected chi connectivity index (χ2v) is 7.20. The molecule has 6 nitrogen and oxygen atoms in total. The van der Waals surface area contributed by atoms with Crippen molar-refractivity contribution in [1.29, 1.82) is 0 Å². The number of carbonyl (C=O) groups excluding carboxylic acids is 1. The highest BCUT2D eigenvalue weighted by Gasteiger charge is 2.27. The van der Waals surface area contributed by atoms with Gasteiger partial charge in [0.05, 0.1) is 4.92 Å². The van der Waals surface area contributed by atoms with Crippen molar-refractivity contribution >= 4 is 28.1 Å². The molecule has 2 heterocycles. The predicted molar refractivity (Wildman–Crippen MR) is 109 cm³/mol. The van der Waals surface area contributed by atoms with Crippen LogP contribution in [0.4, 0.5) is 11.4 Å². The molecule has 0 radical (unpaired) electrons. The van der Waals surface area contributed by atoms with Crippen molar-refractivity contribution in [1.82, 2.24) is 4.98 Å². The van der Waals surface area contributed by atoms with Crippen molar-refractivity contribution < 1.29 is 9.72 Å². The van der Waals surface area contributed by atoms with E-state index in [2.05, 4.69) is 9.88 Å². The van der Waals surface area contributed by atoms with Crippen LogP contribution < -0.4 is 4.90 Å². The molecule has 28 heavy (non-hydrogen) atoms. The Labute approximate surface area is 163 Å². The summed E-state index contributed by atoms with van der Waals surface area (Å²) in [6.45, 7) is 3.33. The van der Waals surface area contributed by atoms with E-state index in [9.17, 15) is 14.9 Å². The van der Waals surface area contributed by atoms with Crippen LogP contribution in [0.25, 0.3) is 10.9 Å². The summed E-state index contributed by atoms with van der Waals surface area (Å²) < 4.78 is 0. The zero-order valence-electron chi connectivity index (χ0n) is 15.7. The van der Waals surface area contributed by atoms with Gasteiger partial charge in [0.15, 0.2) is 11.3 Å². The summed E-state index contributed by atoms with van der Waals surface area (Å²) in [4.78, 5) is 30.4. The molecule has 0 amide bonds. The maximum Gasteiger partial charge on any atom is 0.295 e. The van der Waals surface area contributed by atoms with Gasteiger partial charge in [0, 0.05) is 47.4 Å². The number of non-ortho nitro benzene ring substituents is 1. The Morgan fingerprint density at radius 1 is 1.11 bits per heavy atom. The van der Waals surface area contributed by atoms with Gasteiger partial charge in [-0.2, -0.15) is 0 Å². The molecular weight excluding hydrogens is 354 g/mol. The molecular formula is C22H21N3O3. The van der Waals surface area contributed by atoms with E-state index in [0.29, 0.717) is 5.52 Å². The molecule has 0 saturated carbocycles. The van der Waals surface area contributed by atoms with Crippen LogP contribution in [0, 0.1) is 23.0 Å². The van der Waals surface area contributed by atoms with Gasteiger partial charge in [0.1, 0.15) is 0 Å². The number of ketones is 1. The molecule has 1 aliphatic rings. The van der Waals surface area contributed by atoms with Crippen LogP contribution in [0.15, 0.2) is 54.6 Å². The molecule has 1 aliphatic heterocycles. The van der Waals surface area contributed by atoms with Crippen molar-refractivity contribution in [3.63, 3.8) is 0 Å². The third-order valence-corrected chi connectivity index (χ3v) is 5.39. The van der Waals surface area contributed by atoms with Crippen LogP contribution in [0.2, 0.25) is 0 Å². The minimum atomic E-state index is -0.386. The third kappa shape index (κ3) is 3.33. The number of fused-ring (bicyclic) bond motifs is 1. The monoisotopic (exact) mass is 375 g/mol. The first-order chi connectivity index (χ1) is 13.5. The summed E-state index contributed by atoms with van der Waals surface area (Å²) in [5.41, 5.74) is 2.92. The number of rotatable bonds is 4. The molecule has 3 aromatic rings. The average Bonchev–Trinajstić information content (AvgIpc) is 2.73. The fourth-order valence-electron chi connectivity index (χ4n) is 3.97. The zero-order chi connectivity index (χ0) is 19.7. The van der Waals surface area contributed by atoms with Gasteiger partial charge in [0.2, 0.25) is 0 Å². The Hall–Kier alpha value is -3.28. The fraction of sp³-hybridized carbons (Fsp3) is 0.273. The van der Waals surface area contributed by atoms with Crippen molar-refractivity contribution in [3.8, 4) is 0 Å². The molecule has 0 atom stereocenters. The predicted octanol–water partition coefficient (Wildman–Crippen LogP) is 4.55. The van der Waals surface area contributed by atoms with E-state index in [1.54, 1.807) is 6.07 Å². The minimum absolute atomic E-state index is 0.0159. The lowest BCUT2D eigenvalue weighted by atomic mass is 9.88. The lowest BCUT2D eigenvalue weighted by Crippen LogP contribution is -2.36. The first kappa shape index (κ1) is 18.1. The highest BCUT2D eigenvalue weighted by Crippen LogP contribution is 2.34. The largest absolute Gasteiger partial charge is 0.371 e. The standard InChI is InChI=1S/C22H21N3O3/c1-15-14-20(18-8-5-9-19(25(27)28)21(18)23-15)24-12-10-17(11-13-24)22(26)16-6-3-2-4-7-16/h2-9,14,17H,10-13H2,1H3. The Morgan fingerprint density at radius 2 is 1.82 bits per heavy atom. The number of benzene rings is 2. The van der Waals surface area contributed by atoms with Crippen LogP contribution in [0.3, 0.4) is 0 Å². The van der Waals surface area contributed by atoms with Gasteiger partial charge in [0.25, 0.3) is 5.69 Å². The number of carbonyl (C=O) groups is 1. The molecule has 2 aromatic carbocycles. The number of Topliss-reactive ketones (excluding diaryl/α,β-unsaturated/α-hetero) is 1. The molecule has 0 spiro atoms. The van der Waals surface area contributed by atoms with Crippen LogP contribution in [0.1, 0.15) is 28.9 Å². The first-order valence-corrected chi connectivity index (χ1v) is 9.43. The van der Waals surface area contributed by atoms with E-state index in [1.807, 2.05) is 49.4 Å². The summed E-state index contributed by atoms with van der Waals surface area (Å²) in [5, 5.41) is 12.2. The number of nitro groups is 1. The highest BCUT2D eigenvalue weighted by atomic mass is 16.6. The van der Waals surface area contributed by atoms with Crippen molar-refractivity contribution in [2.24, 2.45) is 5.92 Å². The molecule has 0 unspecified atom stereocenters. The third-order valence-electron chi connectivity index (χ3n) is 5.39. The molecule has 0 aliphatic carbocycles. The lowest BCUT2D eigenvalue weighted by molar-refractivity contribution is -0.383. The highest BCUT2D eigenvalue weighted by molar-refractivity contribution is 5.99.